The molecule has 0 aliphatic rings. The van der Waals surface area contributed by atoms with Crippen LogP contribution in [0.2, 0.25) is 0 Å². The third-order valence-electron chi connectivity index (χ3n) is 6.79. The van der Waals surface area contributed by atoms with Crippen molar-refractivity contribution >= 4 is 44.2 Å². The van der Waals surface area contributed by atoms with E-state index in [9.17, 15) is 18.0 Å². The average molecular weight is 567 g/mol. The summed E-state index contributed by atoms with van der Waals surface area (Å²) in [6.07, 6.45) is 1.24. The Morgan fingerprint density at radius 3 is 1.90 bits per heavy atom. The highest BCUT2D eigenvalue weighted by molar-refractivity contribution is 7.90. The van der Waals surface area contributed by atoms with Crippen molar-refractivity contribution in [2.45, 2.75) is 38.0 Å². The van der Waals surface area contributed by atoms with Crippen LogP contribution in [0.25, 0.3) is 11.0 Å². The third kappa shape index (κ3) is 5.76. The number of nitrogens with zero attached hydrogens (tertiary/aromatic N) is 2. The lowest BCUT2D eigenvalue weighted by atomic mass is 9.87. The van der Waals surface area contributed by atoms with Crippen molar-refractivity contribution in [3.63, 3.8) is 0 Å². The molecule has 41 heavy (non-hydrogen) atoms. The first-order chi connectivity index (χ1) is 19.4. The lowest BCUT2D eigenvalue weighted by Gasteiger charge is -2.19. The standard InChI is InChI=1S/C32H30N4O4S/c1-21-9-16-25(17-10-21)41(39,40)36-20-33-28-18-13-23(19-29(28)36)31(38)35-27-8-6-5-7-26(27)34-30(37)22-11-14-24(15-12-22)32(2,3)4/h5-20H,1-4H3,(H,34,37)(H,35,38). The summed E-state index contributed by atoms with van der Waals surface area (Å²) >= 11 is 0. The van der Waals surface area contributed by atoms with Gasteiger partial charge in [-0.1, -0.05) is 62.7 Å². The molecule has 2 N–H and O–H groups in total. The van der Waals surface area contributed by atoms with Crippen molar-refractivity contribution in [3.8, 4) is 0 Å². The van der Waals surface area contributed by atoms with Crippen molar-refractivity contribution in [1.82, 2.24) is 8.96 Å². The number of hydrogen-bond donors (Lipinski definition) is 2. The van der Waals surface area contributed by atoms with Gasteiger partial charge >= 0.3 is 0 Å². The Bertz CT molecular complexity index is 1870. The van der Waals surface area contributed by atoms with E-state index in [1.165, 1.54) is 24.5 Å². The zero-order valence-corrected chi connectivity index (χ0v) is 24.0. The molecule has 0 aliphatic heterocycles. The number of nitrogens with one attached hydrogen (secondary N) is 2. The molecule has 9 heteroatoms. The first-order valence-corrected chi connectivity index (χ1v) is 14.5. The van der Waals surface area contributed by atoms with Gasteiger partial charge in [-0.3, -0.25) is 9.59 Å². The number of anilines is 2. The van der Waals surface area contributed by atoms with Gasteiger partial charge in [0.15, 0.2) is 0 Å². The minimum Gasteiger partial charge on any atom is -0.320 e. The Balaban J connectivity index is 1.38. The van der Waals surface area contributed by atoms with E-state index in [4.69, 9.17) is 0 Å². The minimum atomic E-state index is -3.92. The molecule has 0 saturated carbocycles. The Kier molecular flexibility index (Phi) is 7.23. The molecule has 0 radical (unpaired) electrons. The summed E-state index contributed by atoms with van der Waals surface area (Å²) in [5.74, 6) is -0.776. The number of fused-ring (bicyclic) bond motifs is 1. The van der Waals surface area contributed by atoms with E-state index in [1.54, 1.807) is 60.7 Å². The van der Waals surface area contributed by atoms with Crippen LogP contribution in [-0.2, 0) is 15.4 Å². The molecule has 4 aromatic carbocycles. The number of carbonyl (C=O) groups excluding carboxylic acids is 2. The van der Waals surface area contributed by atoms with Gasteiger partial charge in [0.25, 0.3) is 21.8 Å². The van der Waals surface area contributed by atoms with E-state index >= 15 is 0 Å². The van der Waals surface area contributed by atoms with E-state index in [-0.39, 0.29) is 27.3 Å². The molecule has 0 atom stereocenters. The highest BCUT2D eigenvalue weighted by Crippen LogP contribution is 2.26. The molecule has 0 spiro atoms. The van der Waals surface area contributed by atoms with Gasteiger partial charge in [-0.2, -0.15) is 0 Å². The number of imidazole rings is 1. The van der Waals surface area contributed by atoms with Crippen LogP contribution in [-0.4, -0.2) is 29.2 Å². The molecule has 2 amide bonds. The summed E-state index contributed by atoms with van der Waals surface area (Å²) in [6, 6.07) is 25.5. The van der Waals surface area contributed by atoms with Crippen LogP contribution >= 0.6 is 0 Å². The fraction of sp³-hybridized carbons (Fsp3) is 0.156. The van der Waals surface area contributed by atoms with Crippen LogP contribution in [0, 0.1) is 6.92 Å². The number of benzene rings is 4. The number of para-hydroxylation sites is 2. The smallest absolute Gasteiger partial charge is 0.269 e. The fourth-order valence-corrected chi connectivity index (χ4v) is 5.64. The van der Waals surface area contributed by atoms with Crippen LogP contribution in [0.3, 0.4) is 0 Å². The van der Waals surface area contributed by atoms with Crippen LogP contribution < -0.4 is 10.6 Å². The molecule has 0 unspecified atom stereocenters. The normalized spacial score (nSPS) is 11.8. The maximum Gasteiger partial charge on any atom is 0.269 e. The van der Waals surface area contributed by atoms with E-state index in [1.807, 2.05) is 19.1 Å². The maximum absolute atomic E-state index is 13.3. The highest BCUT2D eigenvalue weighted by Gasteiger charge is 2.21. The quantitative estimate of drug-likeness (QED) is 0.248. The molecule has 0 aliphatic carbocycles. The number of aryl methyl sites for hydroxylation is 1. The number of rotatable bonds is 6. The SMILES string of the molecule is Cc1ccc(S(=O)(=O)n2cnc3ccc(C(=O)Nc4ccccc4NC(=O)c4ccc(C(C)(C)C)cc4)cc32)cc1. The number of amides is 2. The van der Waals surface area contributed by atoms with Crippen LogP contribution in [0.1, 0.15) is 52.6 Å². The van der Waals surface area contributed by atoms with Crippen LogP contribution in [0.5, 0.6) is 0 Å². The van der Waals surface area contributed by atoms with Gasteiger partial charge < -0.3 is 10.6 Å². The van der Waals surface area contributed by atoms with Crippen molar-refractivity contribution in [1.29, 1.82) is 0 Å². The largest absolute Gasteiger partial charge is 0.320 e. The summed E-state index contributed by atoms with van der Waals surface area (Å²) in [4.78, 5) is 30.6. The molecular formula is C32H30N4O4S. The molecule has 5 rings (SSSR count). The van der Waals surface area contributed by atoms with Gasteiger partial charge in [-0.25, -0.2) is 17.4 Å². The van der Waals surface area contributed by atoms with Gasteiger partial charge in [0.05, 0.1) is 27.3 Å². The Morgan fingerprint density at radius 2 is 1.32 bits per heavy atom. The summed E-state index contributed by atoms with van der Waals surface area (Å²) in [5.41, 5.74) is 4.29. The predicted molar refractivity (Wildman–Crippen MR) is 161 cm³/mol. The second-order valence-corrected chi connectivity index (χ2v) is 12.7. The van der Waals surface area contributed by atoms with E-state index in [0.29, 0.717) is 22.5 Å². The monoisotopic (exact) mass is 566 g/mol. The summed E-state index contributed by atoms with van der Waals surface area (Å²) < 4.78 is 27.7. The Morgan fingerprint density at radius 1 is 0.756 bits per heavy atom. The first-order valence-electron chi connectivity index (χ1n) is 13.1. The van der Waals surface area contributed by atoms with Crippen molar-refractivity contribution < 1.29 is 18.0 Å². The second kappa shape index (κ2) is 10.7. The topological polar surface area (TPSA) is 110 Å². The molecule has 0 fully saturated rings. The molecule has 0 bridgehead atoms. The van der Waals surface area contributed by atoms with E-state index in [2.05, 4.69) is 36.4 Å². The zero-order valence-electron chi connectivity index (χ0n) is 23.2. The first kappa shape index (κ1) is 27.8. The molecule has 1 aromatic heterocycles. The maximum atomic E-state index is 13.3. The minimum absolute atomic E-state index is 0.0303. The number of hydrogen-bond acceptors (Lipinski definition) is 5. The van der Waals surface area contributed by atoms with Gasteiger partial charge in [-0.15, -0.1) is 0 Å². The molecule has 1 heterocycles. The number of aromatic nitrogens is 2. The fourth-order valence-electron chi connectivity index (χ4n) is 4.35. The van der Waals surface area contributed by atoms with Crippen LogP contribution in [0.4, 0.5) is 11.4 Å². The molecule has 208 valence electrons. The summed E-state index contributed by atoms with van der Waals surface area (Å²) in [6.45, 7) is 8.20. The van der Waals surface area contributed by atoms with Crippen molar-refractivity contribution in [3.05, 3.63) is 120 Å². The predicted octanol–water partition coefficient (Wildman–Crippen LogP) is 6.38. The van der Waals surface area contributed by atoms with Gasteiger partial charge in [0.2, 0.25) is 0 Å². The van der Waals surface area contributed by atoms with Crippen molar-refractivity contribution in [2.24, 2.45) is 0 Å². The lowest BCUT2D eigenvalue weighted by Crippen LogP contribution is -2.17. The molecule has 5 aromatic rings. The van der Waals surface area contributed by atoms with Crippen LogP contribution in [0.15, 0.2) is 102 Å². The molecular weight excluding hydrogens is 536 g/mol. The highest BCUT2D eigenvalue weighted by atomic mass is 32.2. The third-order valence-corrected chi connectivity index (χ3v) is 8.47. The van der Waals surface area contributed by atoms with Crippen molar-refractivity contribution in [2.75, 3.05) is 10.6 Å². The van der Waals surface area contributed by atoms with Gasteiger partial charge in [0, 0.05) is 11.1 Å². The van der Waals surface area contributed by atoms with Gasteiger partial charge in [-0.05, 0) is 72.5 Å². The second-order valence-electron chi connectivity index (χ2n) is 10.8. The summed E-state index contributed by atoms with van der Waals surface area (Å²) in [5, 5.41) is 5.70. The Hall–Kier alpha value is -4.76. The van der Waals surface area contributed by atoms with E-state index in [0.717, 1.165) is 15.1 Å². The summed E-state index contributed by atoms with van der Waals surface area (Å²) in [7, 11) is -3.92. The van der Waals surface area contributed by atoms with E-state index < -0.39 is 15.9 Å². The average Bonchev–Trinajstić information content (AvgIpc) is 3.38. The number of carbonyl (C=O) groups is 2. The zero-order chi connectivity index (χ0) is 29.4. The van der Waals surface area contributed by atoms with Gasteiger partial charge in [0.1, 0.15) is 6.33 Å². The lowest BCUT2D eigenvalue weighted by molar-refractivity contribution is 0.101. The Labute approximate surface area is 239 Å². The molecule has 0 saturated heterocycles. The molecule has 8 nitrogen and oxygen atoms in total.